The molecule has 0 fully saturated rings. The molecule has 0 radical (unpaired) electrons. The molecular formula is C22H18ClN3O3S. The van der Waals surface area contributed by atoms with Crippen LogP contribution in [-0.2, 0) is 17.9 Å². The molecule has 152 valence electrons. The molecule has 2 aromatic carbocycles. The van der Waals surface area contributed by atoms with Crippen molar-refractivity contribution in [3.8, 4) is 0 Å². The topological polar surface area (TPSA) is 73.1 Å². The first-order valence-electron chi connectivity index (χ1n) is 9.25. The fourth-order valence-electron chi connectivity index (χ4n) is 3.29. The Morgan fingerprint density at radius 1 is 1.07 bits per heavy atom. The van der Waals surface area contributed by atoms with Gasteiger partial charge in [-0.05, 0) is 47.7 Å². The second-order valence-corrected chi connectivity index (χ2v) is 8.23. The van der Waals surface area contributed by atoms with Crippen LogP contribution < -0.4 is 16.6 Å². The summed E-state index contributed by atoms with van der Waals surface area (Å²) in [6.07, 6.45) is 0. The number of thiophene rings is 1. The molecular weight excluding hydrogens is 422 g/mol. The maximum Gasteiger partial charge on any atom is 0.332 e. The first-order chi connectivity index (χ1) is 14.4. The van der Waals surface area contributed by atoms with E-state index in [-0.39, 0.29) is 24.6 Å². The quantitative estimate of drug-likeness (QED) is 0.513. The van der Waals surface area contributed by atoms with Gasteiger partial charge in [-0.15, -0.1) is 11.3 Å². The van der Waals surface area contributed by atoms with E-state index in [0.717, 1.165) is 10.1 Å². The number of nitrogens with zero attached hydrogens (tertiary/aromatic N) is 2. The number of benzene rings is 2. The van der Waals surface area contributed by atoms with Gasteiger partial charge in [0, 0.05) is 10.7 Å². The average molecular weight is 440 g/mol. The van der Waals surface area contributed by atoms with Crippen LogP contribution in [-0.4, -0.2) is 15.0 Å². The maximum absolute atomic E-state index is 13.2. The highest BCUT2D eigenvalue weighted by atomic mass is 35.5. The Bertz CT molecular complexity index is 1370. The smallest absolute Gasteiger partial charge is 0.325 e. The lowest BCUT2D eigenvalue weighted by Gasteiger charge is -2.13. The van der Waals surface area contributed by atoms with Crippen molar-refractivity contribution in [2.24, 2.45) is 0 Å². The van der Waals surface area contributed by atoms with Crippen LogP contribution in [0.5, 0.6) is 0 Å². The van der Waals surface area contributed by atoms with Crippen molar-refractivity contribution in [3.63, 3.8) is 0 Å². The molecule has 0 aliphatic carbocycles. The average Bonchev–Trinajstić information content (AvgIpc) is 3.20. The number of aromatic nitrogens is 2. The van der Waals surface area contributed by atoms with E-state index in [1.54, 1.807) is 41.8 Å². The second-order valence-electron chi connectivity index (χ2n) is 6.90. The third kappa shape index (κ3) is 3.94. The van der Waals surface area contributed by atoms with E-state index in [1.165, 1.54) is 15.9 Å². The maximum atomic E-state index is 13.2. The van der Waals surface area contributed by atoms with E-state index < -0.39 is 5.69 Å². The second kappa shape index (κ2) is 8.30. The van der Waals surface area contributed by atoms with Gasteiger partial charge in [0.2, 0.25) is 5.91 Å². The van der Waals surface area contributed by atoms with Gasteiger partial charge in [0.05, 0.1) is 12.1 Å². The highest BCUT2D eigenvalue weighted by Crippen LogP contribution is 2.18. The number of amides is 1. The largest absolute Gasteiger partial charge is 0.332 e. The van der Waals surface area contributed by atoms with E-state index in [2.05, 4.69) is 5.32 Å². The molecule has 0 bridgehead atoms. The molecule has 4 rings (SSSR count). The number of anilines is 1. The number of halogens is 1. The predicted molar refractivity (Wildman–Crippen MR) is 121 cm³/mol. The van der Waals surface area contributed by atoms with E-state index in [1.807, 2.05) is 25.1 Å². The fourth-order valence-corrected chi connectivity index (χ4v) is 4.33. The molecule has 0 unspecified atom stereocenters. The number of nitrogens with one attached hydrogen (secondary N) is 1. The van der Waals surface area contributed by atoms with E-state index >= 15 is 0 Å². The van der Waals surface area contributed by atoms with Gasteiger partial charge in [-0.1, -0.05) is 41.9 Å². The first-order valence-corrected chi connectivity index (χ1v) is 10.5. The number of hydrogen-bond donors (Lipinski definition) is 1. The molecule has 0 saturated carbocycles. The molecule has 0 saturated heterocycles. The molecule has 8 heteroatoms. The Labute approximate surface area is 181 Å². The van der Waals surface area contributed by atoms with Crippen molar-refractivity contribution in [1.82, 2.24) is 9.13 Å². The third-order valence-electron chi connectivity index (χ3n) is 4.73. The molecule has 1 amide bonds. The van der Waals surface area contributed by atoms with Gasteiger partial charge in [0.1, 0.15) is 11.2 Å². The van der Waals surface area contributed by atoms with Gasteiger partial charge in [0.25, 0.3) is 5.56 Å². The van der Waals surface area contributed by atoms with Gasteiger partial charge in [-0.2, -0.15) is 0 Å². The van der Waals surface area contributed by atoms with Gasteiger partial charge in [0.15, 0.2) is 0 Å². The number of fused-ring (bicyclic) bond motifs is 1. The Kier molecular flexibility index (Phi) is 5.57. The molecule has 4 aromatic rings. The van der Waals surface area contributed by atoms with Crippen LogP contribution in [0.15, 0.2) is 69.6 Å². The monoisotopic (exact) mass is 439 g/mol. The zero-order valence-electron chi connectivity index (χ0n) is 16.1. The van der Waals surface area contributed by atoms with E-state index in [9.17, 15) is 14.4 Å². The lowest BCUT2D eigenvalue weighted by molar-refractivity contribution is -0.116. The number of carbonyl (C=O) groups is 1. The summed E-state index contributed by atoms with van der Waals surface area (Å²) in [5, 5.41) is 5.01. The summed E-state index contributed by atoms with van der Waals surface area (Å²) in [4.78, 5) is 38.7. The molecule has 0 spiro atoms. The van der Waals surface area contributed by atoms with Gasteiger partial charge >= 0.3 is 5.69 Å². The summed E-state index contributed by atoms with van der Waals surface area (Å²) in [5.41, 5.74) is 1.83. The highest BCUT2D eigenvalue weighted by Gasteiger charge is 2.17. The standard InChI is InChI=1S/C22H18ClN3O3S/c1-14-5-4-7-16(11-14)24-19(27)13-25-18-9-10-30-20(18)21(28)26(22(25)29)12-15-6-2-3-8-17(15)23/h2-11H,12-13H2,1H3,(H,24,27). The van der Waals surface area contributed by atoms with Crippen LogP contribution >= 0.6 is 22.9 Å². The van der Waals surface area contributed by atoms with E-state index in [0.29, 0.717) is 26.5 Å². The summed E-state index contributed by atoms with van der Waals surface area (Å²) in [6.45, 7) is 1.76. The van der Waals surface area contributed by atoms with Crippen molar-refractivity contribution in [2.75, 3.05) is 5.32 Å². The lowest BCUT2D eigenvalue weighted by Crippen LogP contribution is -2.41. The normalized spacial score (nSPS) is 11.0. The third-order valence-corrected chi connectivity index (χ3v) is 5.99. The summed E-state index contributed by atoms with van der Waals surface area (Å²) in [7, 11) is 0. The van der Waals surface area contributed by atoms with Crippen LogP contribution in [0.1, 0.15) is 11.1 Å². The van der Waals surface area contributed by atoms with Crippen molar-refractivity contribution < 1.29 is 4.79 Å². The highest BCUT2D eigenvalue weighted by molar-refractivity contribution is 7.17. The van der Waals surface area contributed by atoms with Crippen LogP contribution in [0, 0.1) is 6.92 Å². The minimum absolute atomic E-state index is 0.0324. The van der Waals surface area contributed by atoms with Crippen molar-refractivity contribution in [1.29, 1.82) is 0 Å². The van der Waals surface area contributed by atoms with Crippen molar-refractivity contribution >= 4 is 44.7 Å². The minimum atomic E-state index is -0.551. The predicted octanol–water partition coefficient (Wildman–Crippen LogP) is 3.87. The Hall–Kier alpha value is -3.16. The summed E-state index contributed by atoms with van der Waals surface area (Å²) < 4.78 is 2.87. The Morgan fingerprint density at radius 3 is 2.63 bits per heavy atom. The lowest BCUT2D eigenvalue weighted by atomic mass is 10.2. The first kappa shape index (κ1) is 20.1. The summed E-state index contributed by atoms with van der Waals surface area (Å²) in [6, 6.07) is 16.1. The zero-order chi connectivity index (χ0) is 21.3. The molecule has 0 aliphatic rings. The molecule has 0 aliphatic heterocycles. The number of hydrogen-bond acceptors (Lipinski definition) is 4. The van der Waals surface area contributed by atoms with Gasteiger partial charge < -0.3 is 5.32 Å². The molecule has 30 heavy (non-hydrogen) atoms. The summed E-state index contributed by atoms with van der Waals surface area (Å²) >= 11 is 7.46. The molecule has 0 atom stereocenters. The van der Waals surface area contributed by atoms with E-state index in [4.69, 9.17) is 11.6 Å². The minimum Gasteiger partial charge on any atom is -0.325 e. The SMILES string of the molecule is Cc1cccc(NC(=O)Cn2c(=O)n(Cc3ccccc3Cl)c(=O)c3sccc32)c1. The van der Waals surface area contributed by atoms with Crippen LogP contribution in [0.4, 0.5) is 5.69 Å². The summed E-state index contributed by atoms with van der Waals surface area (Å²) in [5.74, 6) is -0.349. The number of carbonyl (C=O) groups excluding carboxylic acids is 1. The molecule has 1 N–H and O–H groups in total. The fraction of sp³-hybridized carbons (Fsp3) is 0.136. The van der Waals surface area contributed by atoms with Gasteiger partial charge in [-0.3, -0.25) is 18.7 Å². The molecule has 2 aromatic heterocycles. The van der Waals surface area contributed by atoms with Crippen molar-refractivity contribution in [3.05, 3.63) is 97.0 Å². The number of rotatable bonds is 5. The number of aryl methyl sites for hydroxylation is 1. The Morgan fingerprint density at radius 2 is 1.87 bits per heavy atom. The molecule has 6 nitrogen and oxygen atoms in total. The van der Waals surface area contributed by atoms with Crippen LogP contribution in [0.2, 0.25) is 5.02 Å². The Balaban J connectivity index is 1.73. The molecule has 2 heterocycles. The van der Waals surface area contributed by atoms with Gasteiger partial charge in [-0.25, -0.2) is 4.79 Å². The van der Waals surface area contributed by atoms with Crippen molar-refractivity contribution in [2.45, 2.75) is 20.0 Å². The van der Waals surface area contributed by atoms with Crippen LogP contribution in [0.25, 0.3) is 10.2 Å². The van der Waals surface area contributed by atoms with Crippen LogP contribution in [0.3, 0.4) is 0 Å². The zero-order valence-corrected chi connectivity index (χ0v) is 17.7.